The highest BCUT2D eigenvalue weighted by atomic mass is 35.5. The maximum absolute atomic E-state index is 5.76. The molecule has 0 aliphatic rings. The maximum Gasteiger partial charge on any atom is 0.0516 e. The van der Waals surface area contributed by atoms with Crippen LogP contribution in [0.1, 0.15) is 18.7 Å². The Bertz CT molecular complexity index is 220. The van der Waals surface area contributed by atoms with Crippen LogP contribution in [0.4, 0.5) is 0 Å². The second kappa shape index (κ2) is 4.10. The first kappa shape index (κ1) is 9.04. The van der Waals surface area contributed by atoms with Gasteiger partial charge in [0.05, 0.1) is 5.02 Å². The summed E-state index contributed by atoms with van der Waals surface area (Å²) in [6.07, 6.45) is 0. The number of rotatable bonds is 3. The fourth-order valence-corrected chi connectivity index (χ4v) is 1.77. The van der Waals surface area contributed by atoms with Crippen LogP contribution in [-0.2, 0) is 6.54 Å². The average molecular weight is 190 g/mol. The topological polar surface area (TPSA) is 12.0 Å². The van der Waals surface area contributed by atoms with Crippen LogP contribution in [0.3, 0.4) is 0 Å². The highest BCUT2D eigenvalue weighted by molar-refractivity contribution is 7.10. The molecule has 62 valence electrons. The van der Waals surface area contributed by atoms with Gasteiger partial charge in [-0.15, -0.1) is 11.3 Å². The van der Waals surface area contributed by atoms with E-state index in [1.165, 1.54) is 4.88 Å². The zero-order chi connectivity index (χ0) is 8.27. The van der Waals surface area contributed by atoms with Gasteiger partial charge in [0.15, 0.2) is 0 Å². The molecule has 0 atom stereocenters. The zero-order valence-corrected chi connectivity index (χ0v) is 8.30. The molecule has 1 aromatic rings. The average Bonchev–Trinajstić information content (AvgIpc) is 2.31. The van der Waals surface area contributed by atoms with Gasteiger partial charge in [0.1, 0.15) is 0 Å². The predicted molar refractivity (Wildman–Crippen MR) is 51.3 cm³/mol. The molecule has 0 saturated heterocycles. The van der Waals surface area contributed by atoms with Crippen LogP contribution in [0, 0.1) is 0 Å². The van der Waals surface area contributed by atoms with Crippen molar-refractivity contribution >= 4 is 22.9 Å². The molecule has 1 nitrogen and oxygen atoms in total. The van der Waals surface area contributed by atoms with Crippen molar-refractivity contribution in [1.29, 1.82) is 0 Å². The quantitative estimate of drug-likeness (QED) is 0.771. The van der Waals surface area contributed by atoms with Crippen molar-refractivity contribution < 1.29 is 0 Å². The van der Waals surface area contributed by atoms with Gasteiger partial charge in [0.2, 0.25) is 0 Å². The van der Waals surface area contributed by atoms with Crippen LogP contribution in [-0.4, -0.2) is 6.04 Å². The molecule has 0 spiro atoms. The van der Waals surface area contributed by atoms with E-state index in [4.69, 9.17) is 11.6 Å². The minimum absolute atomic E-state index is 0.538. The number of halogens is 1. The van der Waals surface area contributed by atoms with Gasteiger partial charge in [0.25, 0.3) is 0 Å². The molecular weight excluding hydrogens is 178 g/mol. The lowest BCUT2D eigenvalue weighted by molar-refractivity contribution is 0.593. The van der Waals surface area contributed by atoms with Crippen molar-refractivity contribution in [2.45, 2.75) is 26.4 Å². The Kier molecular flexibility index (Phi) is 3.37. The Labute approximate surface area is 76.4 Å². The van der Waals surface area contributed by atoms with Crippen LogP contribution in [0.2, 0.25) is 5.02 Å². The van der Waals surface area contributed by atoms with Gasteiger partial charge in [-0.2, -0.15) is 0 Å². The van der Waals surface area contributed by atoms with E-state index >= 15 is 0 Å². The molecule has 1 rings (SSSR count). The standard InChI is InChI=1S/C8H12ClNS/c1-6(2)10-4-8-3-7(9)5-11-8/h3,5-6,10H,4H2,1-2H3. The lowest BCUT2D eigenvalue weighted by Gasteiger charge is -2.04. The fraction of sp³-hybridized carbons (Fsp3) is 0.500. The molecule has 0 radical (unpaired) electrons. The summed E-state index contributed by atoms with van der Waals surface area (Å²) in [6.45, 7) is 5.19. The van der Waals surface area contributed by atoms with E-state index in [1.54, 1.807) is 11.3 Å². The SMILES string of the molecule is CC(C)NCc1cc(Cl)cs1. The first-order valence-electron chi connectivity index (χ1n) is 3.65. The predicted octanol–water partition coefficient (Wildman–Crippen LogP) is 2.90. The summed E-state index contributed by atoms with van der Waals surface area (Å²) < 4.78 is 0. The molecule has 11 heavy (non-hydrogen) atoms. The smallest absolute Gasteiger partial charge is 0.0516 e. The highest BCUT2D eigenvalue weighted by Crippen LogP contribution is 2.18. The number of nitrogens with one attached hydrogen (secondary N) is 1. The van der Waals surface area contributed by atoms with Crippen molar-refractivity contribution in [3.8, 4) is 0 Å². The summed E-state index contributed by atoms with van der Waals surface area (Å²) in [4.78, 5) is 1.30. The zero-order valence-electron chi connectivity index (χ0n) is 6.73. The summed E-state index contributed by atoms with van der Waals surface area (Å²) >= 11 is 7.46. The largest absolute Gasteiger partial charge is 0.310 e. The first-order chi connectivity index (χ1) is 5.18. The van der Waals surface area contributed by atoms with Crippen molar-refractivity contribution in [2.24, 2.45) is 0 Å². The van der Waals surface area contributed by atoms with E-state index in [2.05, 4.69) is 19.2 Å². The molecule has 0 bridgehead atoms. The molecule has 0 aromatic carbocycles. The van der Waals surface area contributed by atoms with Gasteiger partial charge in [-0.25, -0.2) is 0 Å². The van der Waals surface area contributed by atoms with E-state index in [0.717, 1.165) is 11.6 Å². The molecule has 1 heterocycles. The van der Waals surface area contributed by atoms with Gasteiger partial charge < -0.3 is 5.32 Å². The molecule has 0 amide bonds. The maximum atomic E-state index is 5.76. The second-order valence-corrected chi connectivity index (χ2v) is 4.20. The van der Waals surface area contributed by atoms with E-state index < -0.39 is 0 Å². The lowest BCUT2D eigenvalue weighted by Crippen LogP contribution is -2.21. The van der Waals surface area contributed by atoms with E-state index in [9.17, 15) is 0 Å². The number of thiophene rings is 1. The van der Waals surface area contributed by atoms with Gasteiger partial charge in [-0.1, -0.05) is 25.4 Å². The summed E-state index contributed by atoms with van der Waals surface area (Å²) in [5, 5.41) is 6.13. The van der Waals surface area contributed by atoms with E-state index in [1.807, 2.05) is 11.4 Å². The van der Waals surface area contributed by atoms with Gasteiger partial charge in [-0.3, -0.25) is 0 Å². The molecular formula is C8H12ClNS. The molecule has 1 aromatic heterocycles. The third-order valence-corrected chi connectivity index (χ3v) is 2.59. The van der Waals surface area contributed by atoms with Crippen LogP contribution < -0.4 is 5.32 Å². The van der Waals surface area contributed by atoms with Crippen molar-refractivity contribution in [2.75, 3.05) is 0 Å². The van der Waals surface area contributed by atoms with Gasteiger partial charge in [0, 0.05) is 22.8 Å². The molecule has 1 N–H and O–H groups in total. The normalized spacial score (nSPS) is 10.9. The Balaban J connectivity index is 2.39. The monoisotopic (exact) mass is 189 g/mol. The Morgan fingerprint density at radius 2 is 2.36 bits per heavy atom. The summed E-state index contributed by atoms with van der Waals surface area (Å²) in [5.74, 6) is 0. The summed E-state index contributed by atoms with van der Waals surface area (Å²) in [6, 6.07) is 2.54. The van der Waals surface area contributed by atoms with E-state index in [0.29, 0.717) is 6.04 Å². The molecule has 0 unspecified atom stereocenters. The molecule has 0 saturated carbocycles. The van der Waals surface area contributed by atoms with Crippen LogP contribution in [0.15, 0.2) is 11.4 Å². The van der Waals surface area contributed by atoms with E-state index in [-0.39, 0.29) is 0 Å². The summed E-state index contributed by atoms with van der Waals surface area (Å²) in [5.41, 5.74) is 0. The van der Waals surface area contributed by atoms with Crippen LogP contribution in [0.25, 0.3) is 0 Å². The Morgan fingerprint density at radius 1 is 1.64 bits per heavy atom. The van der Waals surface area contributed by atoms with Crippen molar-refractivity contribution in [1.82, 2.24) is 5.32 Å². The first-order valence-corrected chi connectivity index (χ1v) is 4.90. The minimum atomic E-state index is 0.538. The van der Waals surface area contributed by atoms with Crippen LogP contribution in [0.5, 0.6) is 0 Å². The third kappa shape index (κ3) is 3.23. The minimum Gasteiger partial charge on any atom is -0.310 e. The highest BCUT2D eigenvalue weighted by Gasteiger charge is 1.97. The third-order valence-electron chi connectivity index (χ3n) is 1.31. The molecule has 0 aliphatic heterocycles. The molecule has 0 fully saturated rings. The Hall–Kier alpha value is -0.0500. The second-order valence-electron chi connectivity index (χ2n) is 2.77. The summed E-state index contributed by atoms with van der Waals surface area (Å²) in [7, 11) is 0. The lowest BCUT2D eigenvalue weighted by atomic mass is 10.4. The molecule has 0 aliphatic carbocycles. The number of hydrogen-bond acceptors (Lipinski definition) is 2. The van der Waals surface area contributed by atoms with Crippen LogP contribution >= 0.6 is 22.9 Å². The molecule has 3 heteroatoms. The van der Waals surface area contributed by atoms with Gasteiger partial charge >= 0.3 is 0 Å². The van der Waals surface area contributed by atoms with Crippen molar-refractivity contribution in [3.05, 3.63) is 21.3 Å². The van der Waals surface area contributed by atoms with Crippen molar-refractivity contribution in [3.63, 3.8) is 0 Å². The van der Waals surface area contributed by atoms with Gasteiger partial charge in [-0.05, 0) is 6.07 Å². The Morgan fingerprint density at radius 3 is 2.82 bits per heavy atom. The number of hydrogen-bond donors (Lipinski definition) is 1. The fourth-order valence-electron chi connectivity index (χ4n) is 0.751.